The first kappa shape index (κ1) is 13.9. The van der Waals surface area contributed by atoms with Gasteiger partial charge in [0.05, 0.1) is 11.9 Å². The van der Waals surface area contributed by atoms with Gasteiger partial charge in [0.1, 0.15) is 0 Å². The van der Waals surface area contributed by atoms with E-state index in [0.29, 0.717) is 6.04 Å². The van der Waals surface area contributed by atoms with Crippen LogP contribution in [0.1, 0.15) is 13.8 Å². The van der Waals surface area contributed by atoms with E-state index in [1.807, 2.05) is 17.1 Å². The maximum atomic E-state index is 10.5. The van der Waals surface area contributed by atoms with Crippen LogP contribution in [0.25, 0.3) is 0 Å². The van der Waals surface area contributed by atoms with Gasteiger partial charge in [0.2, 0.25) is 0 Å². The molecule has 2 rings (SSSR count). The molecule has 0 amide bonds. The maximum Gasteiger partial charge on any atom is 0.293 e. The van der Waals surface area contributed by atoms with Gasteiger partial charge in [-0.2, -0.15) is 0 Å². The molecule has 1 aromatic rings. The van der Waals surface area contributed by atoms with Crippen LogP contribution in [0.3, 0.4) is 0 Å². The predicted molar refractivity (Wildman–Crippen MR) is 79.3 cm³/mol. The fourth-order valence-corrected chi connectivity index (χ4v) is 2.24. The molecule has 0 unspecified atom stereocenters. The van der Waals surface area contributed by atoms with E-state index in [1.165, 1.54) is 0 Å². The average Bonchev–Trinajstić information content (AvgIpc) is 2.40. The summed E-state index contributed by atoms with van der Waals surface area (Å²) in [6, 6.07) is 4.39. The highest BCUT2D eigenvalue weighted by Gasteiger charge is 2.20. The third-order valence-corrected chi connectivity index (χ3v) is 3.12. The van der Waals surface area contributed by atoms with Crippen LogP contribution in [0.5, 0.6) is 0 Å². The van der Waals surface area contributed by atoms with E-state index in [9.17, 15) is 4.79 Å². The molecule has 2 heterocycles. The summed E-state index contributed by atoms with van der Waals surface area (Å²) >= 11 is 0. The summed E-state index contributed by atoms with van der Waals surface area (Å²) in [5.74, 6) is 1.00. The topological polar surface area (TPSA) is 48.5 Å². The first-order valence-electron chi connectivity index (χ1n) is 6.70. The molecule has 19 heavy (non-hydrogen) atoms. The molecule has 1 saturated heterocycles. The highest BCUT2D eigenvalue weighted by atomic mass is 16.1. The average molecular weight is 259 g/mol. The van der Waals surface area contributed by atoms with Gasteiger partial charge >= 0.3 is 0 Å². The number of piperazine rings is 1. The lowest BCUT2D eigenvalue weighted by atomic mass is 9.93. The van der Waals surface area contributed by atoms with Crippen molar-refractivity contribution in [2.24, 2.45) is 0 Å². The second-order valence-electron chi connectivity index (χ2n) is 4.98. The molecule has 1 aliphatic heterocycles. The Morgan fingerprint density at radius 1 is 1.37 bits per heavy atom. The van der Waals surface area contributed by atoms with Crippen molar-refractivity contribution in [1.29, 1.82) is 0 Å². The molecule has 101 valence electrons. The molecular weight excluding hydrogens is 239 g/mol. The predicted octanol–water partition coefficient (Wildman–Crippen LogP) is 0.833. The third kappa shape index (κ3) is 3.70. The Balaban J connectivity index is 2.04. The molecule has 0 spiro atoms. The number of nitrogens with zero attached hydrogens (tertiary/aromatic N) is 3. The second kappa shape index (κ2) is 6.56. The quantitative estimate of drug-likeness (QED) is 0.627. The Labute approximate surface area is 115 Å². The second-order valence-corrected chi connectivity index (χ2v) is 4.98. The lowest BCUT2D eigenvalue weighted by Gasteiger charge is -2.35. The number of hydrogen-bond acceptors (Lipinski definition) is 5. The zero-order chi connectivity index (χ0) is 13.7. The van der Waals surface area contributed by atoms with E-state index in [0.717, 1.165) is 43.9 Å². The van der Waals surface area contributed by atoms with Gasteiger partial charge in [0, 0.05) is 38.4 Å². The summed E-state index contributed by atoms with van der Waals surface area (Å²) in [5.41, 5.74) is 1.07. The molecule has 5 nitrogen and oxygen atoms in total. The van der Waals surface area contributed by atoms with Crippen LogP contribution in [0.15, 0.2) is 18.3 Å². The van der Waals surface area contributed by atoms with Crippen molar-refractivity contribution >= 4 is 25.1 Å². The number of hydrogen-bond donors (Lipinski definition) is 1. The summed E-state index contributed by atoms with van der Waals surface area (Å²) < 4.78 is 0. The van der Waals surface area contributed by atoms with Crippen LogP contribution in [-0.4, -0.2) is 55.6 Å². The molecule has 0 aromatic carbocycles. The van der Waals surface area contributed by atoms with Gasteiger partial charge in [0.15, 0.2) is 5.82 Å². The van der Waals surface area contributed by atoms with Crippen molar-refractivity contribution in [3.8, 4) is 0 Å². The van der Waals surface area contributed by atoms with Crippen molar-refractivity contribution in [3.05, 3.63) is 18.3 Å². The lowest BCUT2D eigenvalue weighted by Crippen LogP contribution is -2.48. The molecular formula is C13H20BN4O. The minimum atomic E-state index is 0.382. The maximum absolute atomic E-state index is 10.5. The summed E-state index contributed by atoms with van der Waals surface area (Å²) in [7, 11) is 1.61. The number of anilines is 2. The van der Waals surface area contributed by atoms with Crippen LogP contribution in [-0.2, 0) is 4.79 Å². The largest absolute Gasteiger partial charge is 0.380 e. The highest BCUT2D eigenvalue weighted by Crippen LogP contribution is 2.24. The number of carbonyl (C=O) groups is 1. The Kier molecular flexibility index (Phi) is 4.79. The van der Waals surface area contributed by atoms with Gasteiger partial charge in [-0.25, -0.2) is 4.98 Å². The fraction of sp³-hybridized carbons (Fsp3) is 0.538. The minimum absolute atomic E-state index is 0.382. The smallest absolute Gasteiger partial charge is 0.293 e. The molecule has 0 bridgehead atoms. The molecule has 1 aliphatic rings. The molecule has 1 N–H and O–H groups in total. The number of nitrogens with one attached hydrogen (secondary N) is 1. The summed E-state index contributed by atoms with van der Waals surface area (Å²) in [5, 5.41) is 3.43. The summed E-state index contributed by atoms with van der Waals surface area (Å²) in [6.45, 7) is 7.72. The van der Waals surface area contributed by atoms with E-state index >= 15 is 0 Å². The monoisotopic (exact) mass is 259 g/mol. The van der Waals surface area contributed by atoms with Crippen molar-refractivity contribution in [1.82, 2.24) is 9.79 Å². The van der Waals surface area contributed by atoms with E-state index < -0.39 is 0 Å². The van der Waals surface area contributed by atoms with Gasteiger partial charge in [-0.05, 0) is 26.0 Å². The molecule has 0 atom stereocenters. The van der Waals surface area contributed by atoms with E-state index in [4.69, 9.17) is 0 Å². The molecule has 1 fully saturated rings. The standard InChI is InChI=1S/C13H20BN4O/c1-11(2)16-12-4-3-5-15-13(12)17-6-8-18(9-7-17)14-10-19/h3-5,10-11,16H,6-9H2,1-2H3. The van der Waals surface area contributed by atoms with Crippen LogP contribution in [0.4, 0.5) is 11.5 Å². The van der Waals surface area contributed by atoms with Gasteiger partial charge in [-0.15, -0.1) is 0 Å². The van der Waals surface area contributed by atoms with Crippen LogP contribution >= 0.6 is 0 Å². The number of pyridine rings is 1. The van der Waals surface area contributed by atoms with Gasteiger partial charge in [0.25, 0.3) is 7.41 Å². The first-order chi connectivity index (χ1) is 9.20. The Hall–Kier alpha value is -1.56. The van der Waals surface area contributed by atoms with Crippen molar-refractivity contribution in [2.45, 2.75) is 19.9 Å². The van der Waals surface area contributed by atoms with E-state index in [2.05, 4.69) is 35.1 Å². The summed E-state index contributed by atoms with van der Waals surface area (Å²) in [6.07, 6.45) is 2.67. The Morgan fingerprint density at radius 3 is 2.74 bits per heavy atom. The Bertz CT molecular complexity index is 419. The summed E-state index contributed by atoms with van der Waals surface area (Å²) in [4.78, 5) is 19.3. The zero-order valence-corrected chi connectivity index (χ0v) is 11.5. The van der Waals surface area contributed by atoms with Crippen LogP contribution in [0, 0.1) is 0 Å². The van der Waals surface area contributed by atoms with Gasteiger partial charge < -0.3 is 19.8 Å². The molecule has 0 aliphatic carbocycles. The lowest BCUT2D eigenvalue weighted by molar-refractivity contribution is 0.408. The van der Waals surface area contributed by atoms with Crippen LogP contribution in [0.2, 0.25) is 0 Å². The van der Waals surface area contributed by atoms with Crippen molar-refractivity contribution < 1.29 is 4.79 Å². The first-order valence-corrected chi connectivity index (χ1v) is 6.70. The fourth-order valence-electron chi connectivity index (χ4n) is 2.24. The van der Waals surface area contributed by atoms with E-state index in [-0.39, 0.29) is 0 Å². The van der Waals surface area contributed by atoms with Crippen LogP contribution < -0.4 is 10.2 Å². The molecule has 0 saturated carbocycles. The SMILES string of the molecule is CC(C)Nc1cccnc1N1CCN([B]C=O)CC1. The van der Waals surface area contributed by atoms with Crippen molar-refractivity contribution in [3.63, 3.8) is 0 Å². The zero-order valence-electron chi connectivity index (χ0n) is 11.5. The Morgan fingerprint density at radius 2 is 2.11 bits per heavy atom. The van der Waals surface area contributed by atoms with E-state index in [1.54, 1.807) is 7.41 Å². The number of rotatable bonds is 5. The number of carbonyl (C=O) groups excluding carboxylic acids is 1. The van der Waals surface area contributed by atoms with Crippen molar-refractivity contribution in [2.75, 3.05) is 36.4 Å². The van der Waals surface area contributed by atoms with Gasteiger partial charge in [-0.1, -0.05) is 0 Å². The van der Waals surface area contributed by atoms with Gasteiger partial charge in [-0.3, -0.25) is 0 Å². The molecule has 6 heteroatoms. The molecule has 1 aromatic heterocycles. The number of aromatic nitrogens is 1. The third-order valence-electron chi connectivity index (χ3n) is 3.12. The molecule has 1 radical (unpaired) electrons. The highest BCUT2D eigenvalue weighted by molar-refractivity contribution is 6.64. The minimum Gasteiger partial charge on any atom is -0.380 e. The normalized spacial score (nSPS) is 16.5.